The van der Waals surface area contributed by atoms with Crippen LogP contribution in [0.25, 0.3) is 0 Å². The Labute approximate surface area is 125 Å². The Bertz CT molecular complexity index is 320. The highest BCUT2D eigenvalue weighted by molar-refractivity contribution is 5.71. The minimum absolute atomic E-state index is 0.0751. The van der Waals surface area contributed by atoms with Gasteiger partial charge in [0.1, 0.15) is 31.0 Å². The van der Waals surface area contributed by atoms with Crippen molar-refractivity contribution in [1.29, 1.82) is 0 Å². The quantitative estimate of drug-likeness (QED) is 0.638. The molecule has 1 fully saturated rings. The second kappa shape index (κ2) is 8.65. The molecule has 0 radical (unpaired) electrons. The van der Waals surface area contributed by atoms with Crippen molar-refractivity contribution in [1.82, 2.24) is 0 Å². The van der Waals surface area contributed by atoms with E-state index in [1.807, 2.05) is 0 Å². The van der Waals surface area contributed by atoms with E-state index in [9.17, 15) is 4.79 Å². The lowest BCUT2D eigenvalue weighted by Gasteiger charge is -2.43. The largest absolute Gasteiger partial charge is 0.463 e. The average molecular weight is 306 g/mol. The summed E-state index contributed by atoms with van der Waals surface area (Å²) in [6, 6.07) is 0. The molecule has 1 heterocycles. The van der Waals surface area contributed by atoms with E-state index < -0.39 is 24.6 Å². The zero-order valence-corrected chi connectivity index (χ0v) is 13.5. The summed E-state index contributed by atoms with van der Waals surface area (Å²) in [5.41, 5.74) is 0. The topological polar surface area (TPSA) is 72.5 Å². The van der Waals surface area contributed by atoms with Gasteiger partial charge in [0.15, 0.2) is 6.29 Å². The molecule has 0 aromatic carbocycles. The summed E-state index contributed by atoms with van der Waals surface area (Å²) in [4.78, 5) is 11.6. The molecule has 124 valence electrons. The number of methoxy groups -OCH3 is 4. The first kappa shape index (κ1) is 18.3. The number of carbonyl (C=O) groups is 1. The third kappa shape index (κ3) is 4.37. The molecule has 1 aliphatic rings. The molecule has 1 saturated heterocycles. The van der Waals surface area contributed by atoms with Crippen molar-refractivity contribution in [2.75, 3.05) is 35.0 Å². The second-order valence-electron chi connectivity index (χ2n) is 5.16. The molecule has 7 nitrogen and oxygen atoms in total. The number of rotatable bonds is 7. The van der Waals surface area contributed by atoms with E-state index in [-0.39, 0.29) is 24.6 Å². The van der Waals surface area contributed by atoms with Crippen molar-refractivity contribution in [3.05, 3.63) is 0 Å². The van der Waals surface area contributed by atoms with Gasteiger partial charge < -0.3 is 28.4 Å². The number of ether oxygens (including phenoxy) is 6. The molecule has 0 saturated carbocycles. The van der Waals surface area contributed by atoms with Crippen molar-refractivity contribution in [2.45, 2.75) is 44.6 Å². The lowest BCUT2D eigenvalue weighted by molar-refractivity contribution is -0.307. The molecule has 0 aromatic heterocycles. The van der Waals surface area contributed by atoms with Crippen LogP contribution in [0.4, 0.5) is 0 Å². The Hall–Kier alpha value is -0.730. The maximum Gasteiger partial charge on any atom is 0.308 e. The number of carbonyl (C=O) groups excluding carboxylic acids is 1. The van der Waals surface area contributed by atoms with Gasteiger partial charge in [-0.25, -0.2) is 0 Å². The molecule has 1 rings (SSSR count). The summed E-state index contributed by atoms with van der Waals surface area (Å²) < 4.78 is 32.6. The molecule has 5 atom stereocenters. The summed E-state index contributed by atoms with van der Waals surface area (Å²) in [5.74, 6) is -0.483. The van der Waals surface area contributed by atoms with Gasteiger partial charge in [0.05, 0.1) is 5.92 Å². The highest BCUT2D eigenvalue weighted by Gasteiger charge is 2.47. The third-order valence-electron chi connectivity index (χ3n) is 3.50. The fourth-order valence-electron chi connectivity index (χ4n) is 2.33. The number of hydrogen-bond donors (Lipinski definition) is 0. The Morgan fingerprint density at radius 1 is 0.952 bits per heavy atom. The zero-order valence-electron chi connectivity index (χ0n) is 13.5. The third-order valence-corrected chi connectivity index (χ3v) is 3.50. The SMILES string of the molecule is CO[C@H]1O[C@H](COC(=O)C(C)C)[C@@H](OC)[C@H](OC)[C@H]1OC. The predicted molar refractivity (Wildman–Crippen MR) is 73.9 cm³/mol. The normalized spacial score (nSPS) is 33.2. The lowest BCUT2D eigenvalue weighted by Crippen LogP contribution is -2.61. The van der Waals surface area contributed by atoms with Crippen LogP contribution in [0.15, 0.2) is 0 Å². The smallest absolute Gasteiger partial charge is 0.308 e. The Morgan fingerprint density at radius 3 is 1.95 bits per heavy atom. The Morgan fingerprint density at radius 2 is 1.52 bits per heavy atom. The maximum absolute atomic E-state index is 11.6. The van der Waals surface area contributed by atoms with Crippen molar-refractivity contribution in [3.8, 4) is 0 Å². The van der Waals surface area contributed by atoms with E-state index in [0.29, 0.717) is 0 Å². The van der Waals surface area contributed by atoms with Gasteiger partial charge in [-0.3, -0.25) is 4.79 Å². The van der Waals surface area contributed by atoms with Crippen LogP contribution in [0.5, 0.6) is 0 Å². The number of hydrogen-bond acceptors (Lipinski definition) is 7. The van der Waals surface area contributed by atoms with E-state index in [0.717, 1.165) is 0 Å². The molecule has 0 bridgehead atoms. The zero-order chi connectivity index (χ0) is 16.0. The molecule has 7 heteroatoms. The van der Waals surface area contributed by atoms with Crippen LogP contribution >= 0.6 is 0 Å². The standard InChI is InChI=1S/C14H26O7/c1-8(2)13(15)20-7-9-10(16-3)11(17-4)12(18-5)14(19-6)21-9/h8-12,14H,7H2,1-6H3/t9-,10-,11+,12-,14+/m1/s1. The van der Waals surface area contributed by atoms with E-state index in [4.69, 9.17) is 28.4 Å². The predicted octanol–water partition coefficient (Wildman–Crippen LogP) is 0.602. The average Bonchev–Trinajstić information content (AvgIpc) is 2.50. The van der Waals surface area contributed by atoms with Gasteiger partial charge in [0, 0.05) is 28.4 Å². The molecule has 1 aliphatic heterocycles. The van der Waals surface area contributed by atoms with Crippen LogP contribution in [0.2, 0.25) is 0 Å². The van der Waals surface area contributed by atoms with Crippen LogP contribution in [-0.4, -0.2) is 71.7 Å². The van der Waals surface area contributed by atoms with E-state index in [1.54, 1.807) is 35.2 Å². The Balaban J connectivity index is 2.79. The highest BCUT2D eigenvalue weighted by Crippen LogP contribution is 2.27. The molecule has 21 heavy (non-hydrogen) atoms. The van der Waals surface area contributed by atoms with E-state index in [2.05, 4.69) is 0 Å². The maximum atomic E-state index is 11.6. The van der Waals surface area contributed by atoms with Crippen molar-refractivity contribution in [2.24, 2.45) is 5.92 Å². The van der Waals surface area contributed by atoms with Gasteiger partial charge in [-0.05, 0) is 0 Å². The molecule has 0 N–H and O–H groups in total. The van der Waals surface area contributed by atoms with Crippen molar-refractivity contribution in [3.63, 3.8) is 0 Å². The van der Waals surface area contributed by atoms with E-state index >= 15 is 0 Å². The first-order valence-corrected chi connectivity index (χ1v) is 6.93. The minimum atomic E-state index is -0.617. The molecular formula is C14H26O7. The molecule has 0 aliphatic carbocycles. The van der Waals surface area contributed by atoms with Gasteiger partial charge in [-0.2, -0.15) is 0 Å². The van der Waals surface area contributed by atoms with Gasteiger partial charge in [0.25, 0.3) is 0 Å². The van der Waals surface area contributed by atoms with Crippen LogP contribution in [0.1, 0.15) is 13.8 Å². The van der Waals surface area contributed by atoms with Gasteiger partial charge >= 0.3 is 5.97 Å². The van der Waals surface area contributed by atoms with Crippen LogP contribution in [-0.2, 0) is 33.2 Å². The fraction of sp³-hybridized carbons (Fsp3) is 0.929. The molecule has 0 unspecified atom stereocenters. The van der Waals surface area contributed by atoms with Crippen LogP contribution < -0.4 is 0 Å². The summed E-state index contributed by atoms with van der Waals surface area (Å²) in [6.07, 6.45) is -2.34. The van der Waals surface area contributed by atoms with Gasteiger partial charge in [0.2, 0.25) is 0 Å². The fourth-order valence-corrected chi connectivity index (χ4v) is 2.33. The first-order valence-electron chi connectivity index (χ1n) is 6.93. The second-order valence-corrected chi connectivity index (χ2v) is 5.16. The Kier molecular flexibility index (Phi) is 7.55. The van der Waals surface area contributed by atoms with Gasteiger partial charge in [-0.1, -0.05) is 13.8 Å². The summed E-state index contributed by atoms with van der Waals surface area (Å²) in [5, 5.41) is 0. The molecular weight excluding hydrogens is 280 g/mol. The van der Waals surface area contributed by atoms with Crippen molar-refractivity contribution >= 4 is 5.97 Å². The van der Waals surface area contributed by atoms with Gasteiger partial charge in [-0.15, -0.1) is 0 Å². The number of esters is 1. The van der Waals surface area contributed by atoms with E-state index in [1.165, 1.54) is 7.11 Å². The molecule has 0 spiro atoms. The monoisotopic (exact) mass is 306 g/mol. The highest BCUT2D eigenvalue weighted by atomic mass is 16.7. The van der Waals surface area contributed by atoms with Crippen LogP contribution in [0, 0.1) is 5.92 Å². The van der Waals surface area contributed by atoms with Crippen LogP contribution in [0.3, 0.4) is 0 Å². The minimum Gasteiger partial charge on any atom is -0.463 e. The molecule has 0 aromatic rings. The lowest BCUT2D eigenvalue weighted by atomic mass is 9.98. The molecule has 0 amide bonds. The summed E-state index contributed by atoms with van der Waals surface area (Å²) in [6.45, 7) is 3.62. The summed E-state index contributed by atoms with van der Waals surface area (Å²) in [7, 11) is 6.20. The summed E-state index contributed by atoms with van der Waals surface area (Å²) >= 11 is 0. The van der Waals surface area contributed by atoms with Crippen molar-refractivity contribution < 1.29 is 33.2 Å². The first-order chi connectivity index (χ1) is 9.99.